The normalized spacial score (nSPS) is 24.0. The number of amides is 1. The number of likely N-dealkylation sites (tertiary alicyclic amines) is 1. The molecular weight excluding hydrogens is 314 g/mol. The summed E-state index contributed by atoms with van der Waals surface area (Å²) in [6.45, 7) is 1.45. The highest BCUT2D eigenvalue weighted by molar-refractivity contribution is 7.86. The maximum absolute atomic E-state index is 12.9. The van der Waals surface area contributed by atoms with Crippen LogP contribution >= 0.6 is 0 Å². The Kier molecular flexibility index (Phi) is 4.70. The summed E-state index contributed by atoms with van der Waals surface area (Å²) in [6, 6.07) is 10.3. The van der Waals surface area contributed by atoms with Gasteiger partial charge >= 0.3 is 0 Å². The van der Waals surface area contributed by atoms with Crippen LogP contribution in [0.25, 0.3) is 0 Å². The highest BCUT2D eigenvalue weighted by atomic mass is 32.2. The molecule has 3 rings (SSSR count). The zero-order valence-electron chi connectivity index (χ0n) is 13.1. The fourth-order valence-corrected chi connectivity index (χ4v) is 4.36. The molecule has 1 amide bonds. The lowest BCUT2D eigenvalue weighted by molar-refractivity contribution is -0.137. The number of rotatable bonds is 3. The molecule has 2 heterocycles. The van der Waals surface area contributed by atoms with Crippen LogP contribution in [0.1, 0.15) is 37.3 Å². The summed E-state index contributed by atoms with van der Waals surface area (Å²) in [7, 11) is -3.64. The molecule has 126 valence electrons. The number of hydrogen-bond donors (Lipinski definition) is 1. The minimum atomic E-state index is -3.64. The number of hydrogen-bond acceptors (Lipinski definition) is 3. The van der Waals surface area contributed by atoms with Crippen LogP contribution in [-0.2, 0) is 15.0 Å². The third-order valence-corrected chi connectivity index (χ3v) is 5.97. The van der Waals surface area contributed by atoms with Gasteiger partial charge in [-0.05, 0) is 31.2 Å². The highest BCUT2D eigenvalue weighted by Gasteiger charge is 2.36. The molecule has 7 heteroatoms. The van der Waals surface area contributed by atoms with Crippen LogP contribution in [0.4, 0.5) is 0 Å². The Labute approximate surface area is 137 Å². The van der Waals surface area contributed by atoms with Crippen LogP contribution < -0.4 is 5.14 Å². The molecule has 2 saturated heterocycles. The summed E-state index contributed by atoms with van der Waals surface area (Å²) in [5.74, 6) is 0.0581. The van der Waals surface area contributed by atoms with E-state index in [9.17, 15) is 13.2 Å². The first-order chi connectivity index (χ1) is 11.0. The number of nitrogens with zero attached hydrogens (tertiary/aromatic N) is 2. The van der Waals surface area contributed by atoms with Gasteiger partial charge in [-0.3, -0.25) is 4.79 Å². The molecule has 0 spiro atoms. The summed E-state index contributed by atoms with van der Waals surface area (Å²) in [6.07, 6.45) is 3.10. The first-order valence-electron chi connectivity index (χ1n) is 8.10. The van der Waals surface area contributed by atoms with Gasteiger partial charge in [0.15, 0.2) is 0 Å². The summed E-state index contributed by atoms with van der Waals surface area (Å²) < 4.78 is 24.0. The van der Waals surface area contributed by atoms with Crippen LogP contribution in [-0.4, -0.2) is 43.2 Å². The predicted molar refractivity (Wildman–Crippen MR) is 87.5 cm³/mol. The predicted octanol–water partition coefficient (Wildman–Crippen LogP) is 1.27. The number of carbonyl (C=O) groups is 1. The van der Waals surface area contributed by atoms with E-state index in [1.54, 1.807) is 0 Å². The summed E-state index contributed by atoms with van der Waals surface area (Å²) in [4.78, 5) is 14.8. The fourth-order valence-electron chi connectivity index (χ4n) is 3.64. The molecule has 2 aliphatic rings. The van der Waals surface area contributed by atoms with Crippen molar-refractivity contribution in [3.05, 3.63) is 35.9 Å². The van der Waals surface area contributed by atoms with Crippen molar-refractivity contribution in [2.45, 2.75) is 31.7 Å². The van der Waals surface area contributed by atoms with Crippen molar-refractivity contribution in [2.24, 2.45) is 11.1 Å². The van der Waals surface area contributed by atoms with Gasteiger partial charge in [0, 0.05) is 25.6 Å². The highest BCUT2D eigenvalue weighted by Crippen LogP contribution is 2.34. The van der Waals surface area contributed by atoms with Gasteiger partial charge in [-0.2, -0.15) is 12.7 Å². The van der Waals surface area contributed by atoms with Gasteiger partial charge in [-0.1, -0.05) is 30.3 Å². The molecular formula is C16H23N3O3S. The Morgan fingerprint density at radius 3 is 2.30 bits per heavy atom. The van der Waals surface area contributed by atoms with E-state index in [0.29, 0.717) is 25.9 Å². The van der Waals surface area contributed by atoms with Gasteiger partial charge < -0.3 is 4.90 Å². The van der Waals surface area contributed by atoms with Crippen LogP contribution in [0, 0.1) is 5.92 Å². The lowest BCUT2D eigenvalue weighted by Crippen LogP contribution is -2.46. The molecule has 0 bridgehead atoms. The Bertz CT molecular complexity index is 654. The van der Waals surface area contributed by atoms with Crippen LogP contribution in [0.5, 0.6) is 0 Å². The fraction of sp³-hybridized carbons (Fsp3) is 0.562. The summed E-state index contributed by atoms with van der Waals surface area (Å²) in [5, 5.41) is 5.15. The molecule has 1 atom stereocenters. The van der Waals surface area contributed by atoms with Crippen molar-refractivity contribution in [3.63, 3.8) is 0 Å². The largest absolute Gasteiger partial charge is 0.335 e. The Morgan fingerprint density at radius 1 is 1.04 bits per heavy atom. The second-order valence-electron chi connectivity index (χ2n) is 6.32. The molecule has 6 nitrogen and oxygen atoms in total. The van der Waals surface area contributed by atoms with E-state index in [1.165, 1.54) is 9.87 Å². The van der Waals surface area contributed by atoms with E-state index in [4.69, 9.17) is 5.14 Å². The standard InChI is InChI=1S/C16H23N3O3S/c17-23(21,22)18-11-8-14(9-12-18)16(20)19-10-4-7-15(19)13-5-2-1-3-6-13/h1-3,5-6,14-15H,4,7-12H2,(H2,17,21,22). The number of carbonyl (C=O) groups excluding carboxylic acids is 1. The maximum Gasteiger partial charge on any atom is 0.276 e. The summed E-state index contributed by atoms with van der Waals surface area (Å²) >= 11 is 0. The summed E-state index contributed by atoms with van der Waals surface area (Å²) in [5.41, 5.74) is 1.18. The molecule has 2 N–H and O–H groups in total. The first-order valence-corrected chi connectivity index (χ1v) is 9.60. The van der Waals surface area contributed by atoms with Crippen LogP contribution in [0.15, 0.2) is 30.3 Å². The second kappa shape index (κ2) is 6.59. The van der Waals surface area contributed by atoms with Gasteiger partial charge in [0.2, 0.25) is 5.91 Å². The Morgan fingerprint density at radius 2 is 1.70 bits per heavy atom. The third-order valence-electron chi connectivity index (χ3n) is 4.88. The molecule has 23 heavy (non-hydrogen) atoms. The average Bonchev–Trinajstić information content (AvgIpc) is 3.04. The van der Waals surface area contributed by atoms with Gasteiger partial charge in [-0.15, -0.1) is 0 Å². The van der Waals surface area contributed by atoms with Crippen molar-refractivity contribution in [2.75, 3.05) is 19.6 Å². The zero-order chi connectivity index (χ0) is 16.4. The van der Waals surface area contributed by atoms with E-state index in [0.717, 1.165) is 19.4 Å². The van der Waals surface area contributed by atoms with Gasteiger partial charge in [-0.25, -0.2) is 5.14 Å². The lowest BCUT2D eigenvalue weighted by Gasteiger charge is -2.33. The van der Waals surface area contributed by atoms with E-state index in [-0.39, 0.29) is 17.9 Å². The number of piperidine rings is 1. The molecule has 0 aromatic heterocycles. The van der Waals surface area contributed by atoms with Crippen molar-refractivity contribution < 1.29 is 13.2 Å². The Balaban J connectivity index is 1.66. The van der Waals surface area contributed by atoms with Crippen LogP contribution in [0.2, 0.25) is 0 Å². The smallest absolute Gasteiger partial charge is 0.276 e. The molecule has 1 unspecified atom stereocenters. The molecule has 1 aromatic rings. The third kappa shape index (κ3) is 3.57. The quantitative estimate of drug-likeness (QED) is 0.901. The van der Waals surface area contributed by atoms with Gasteiger partial charge in [0.25, 0.3) is 10.2 Å². The molecule has 1 aromatic carbocycles. The van der Waals surface area contributed by atoms with Crippen molar-refractivity contribution in [1.29, 1.82) is 0 Å². The van der Waals surface area contributed by atoms with Crippen molar-refractivity contribution in [1.82, 2.24) is 9.21 Å². The maximum atomic E-state index is 12.9. The van der Waals surface area contributed by atoms with Crippen LogP contribution in [0.3, 0.4) is 0 Å². The van der Waals surface area contributed by atoms with Crippen molar-refractivity contribution in [3.8, 4) is 0 Å². The second-order valence-corrected chi connectivity index (χ2v) is 7.86. The monoisotopic (exact) mass is 337 g/mol. The molecule has 0 radical (unpaired) electrons. The minimum Gasteiger partial charge on any atom is -0.335 e. The van der Waals surface area contributed by atoms with E-state index in [2.05, 4.69) is 12.1 Å². The van der Waals surface area contributed by atoms with Gasteiger partial charge in [0.05, 0.1) is 6.04 Å². The average molecular weight is 337 g/mol. The molecule has 2 fully saturated rings. The number of nitrogens with two attached hydrogens (primary N) is 1. The SMILES string of the molecule is NS(=O)(=O)N1CCC(C(=O)N2CCCC2c2ccccc2)CC1. The van der Waals surface area contributed by atoms with Crippen molar-refractivity contribution >= 4 is 16.1 Å². The van der Waals surface area contributed by atoms with E-state index >= 15 is 0 Å². The molecule has 2 aliphatic heterocycles. The van der Waals surface area contributed by atoms with Gasteiger partial charge in [0.1, 0.15) is 0 Å². The Hall–Kier alpha value is -1.44. The first kappa shape index (κ1) is 16.4. The lowest BCUT2D eigenvalue weighted by atomic mass is 9.95. The minimum absolute atomic E-state index is 0.0997. The topological polar surface area (TPSA) is 83.7 Å². The van der Waals surface area contributed by atoms with E-state index in [1.807, 2.05) is 23.1 Å². The molecule has 0 aliphatic carbocycles. The van der Waals surface area contributed by atoms with E-state index < -0.39 is 10.2 Å². The number of benzene rings is 1. The molecule has 0 saturated carbocycles. The zero-order valence-corrected chi connectivity index (χ0v) is 13.9.